The SMILES string of the molecule is CC(=O)CCC(=O)N(CCc1ccccc1)C[C@@H]1CCCN(C)C1. The summed E-state index contributed by atoms with van der Waals surface area (Å²) in [5.41, 5.74) is 1.25. The van der Waals surface area contributed by atoms with Crippen molar-refractivity contribution in [2.24, 2.45) is 5.92 Å². The molecule has 1 aliphatic rings. The molecule has 0 radical (unpaired) electrons. The van der Waals surface area contributed by atoms with E-state index in [0.29, 0.717) is 18.8 Å². The Morgan fingerprint density at radius 2 is 1.96 bits per heavy atom. The lowest BCUT2D eigenvalue weighted by atomic mass is 9.97. The molecule has 1 heterocycles. The zero-order valence-corrected chi connectivity index (χ0v) is 15.0. The molecule has 1 saturated heterocycles. The number of carbonyl (C=O) groups excluding carboxylic acids is 2. The normalized spacial score (nSPS) is 18.3. The molecular weight excluding hydrogens is 300 g/mol. The van der Waals surface area contributed by atoms with Crippen LogP contribution < -0.4 is 0 Å². The third kappa shape index (κ3) is 6.44. The standard InChI is InChI=1S/C20H30N2O2/c1-17(23)10-11-20(24)22(14-12-18-7-4-3-5-8-18)16-19-9-6-13-21(2)15-19/h3-5,7-8,19H,6,9-16H2,1-2H3/t19-/m1/s1. The Bertz CT molecular complexity index is 530. The van der Waals surface area contributed by atoms with Crippen LogP contribution in [0.1, 0.15) is 38.2 Å². The Kier molecular flexibility index (Phi) is 7.44. The fourth-order valence-corrected chi connectivity index (χ4v) is 3.40. The van der Waals surface area contributed by atoms with Gasteiger partial charge in [0.05, 0.1) is 0 Å². The van der Waals surface area contributed by atoms with Crippen molar-refractivity contribution in [2.75, 3.05) is 33.2 Å². The maximum absolute atomic E-state index is 12.6. The number of benzene rings is 1. The molecule has 1 atom stereocenters. The summed E-state index contributed by atoms with van der Waals surface area (Å²) >= 11 is 0. The zero-order valence-electron chi connectivity index (χ0n) is 15.0. The molecule has 1 fully saturated rings. The van der Waals surface area contributed by atoms with Crippen molar-refractivity contribution in [2.45, 2.75) is 39.0 Å². The molecule has 1 amide bonds. The van der Waals surface area contributed by atoms with Crippen molar-refractivity contribution in [1.82, 2.24) is 9.80 Å². The molecule has 1 aromatic rings. The number of carbonyl (C=O) groups is 2. The first kappa shape index (κ1) is 18.7. The van der Waals surface area contributed by atoms with Crippen LogP contribution in [0.4, 0.5) is 0 Å². The molecule has 132 valence electrons. The quantitative estimate of drug-likeness (QED) is 0.736. The summed E-state index contributed by atoms with van der Waals surface area (Å²) in [5.74, 6) is 0.749. The monoisotopic (exact) mass is 330 g/mol. The number of ketones is 1. The predicted octanol–water partition coefficient (Wildman–Crippen LogP) is 2.77. The van der Waals surface area contributed by atoms with E-state index in [2.05, 4.69) is 24.1 Å². The molecule has 2 rings (SSSR count). The lowest BCUT2D eigenvalue weighted by Gasteiger charge is -2.34. The minimum atomic E-state index is 0.0868. The molecule has 0 unspecified atom stereocenters. The number of likely N-dealkylation sites (tertiary alicyclic amines) is 1. The fraction of sp³-hybridized carbons (Fsp3) is 0.600. The summed E-state index contributed by atoms with van der Waals surface area (Å²) in [6, 6.07) is 10.3. The van der Waals surface area contributed by atoms with E-state index in [1.54, 1.807) is 6.92 Å². The van der Waals surface area contributed by atoms with Crippen LogP contribution >= 0.6 is 0 Å². The van der Waals surface area contributed by atoms with Crippen LogP contribution in [0, 0.1) is 5.92 Å². The lowest BCUT2D eigenvalue weighted by molar-refractivity contribution is -0.133. The van der Waals surface area contributed by atoms with Gasteiger partial charge in [-0.2, -0.15) is 0 Å². The van der Waals surface area contributed by atoms with Gasteiger partial charge >= 0.3 is 0 Å². The van der Waals surface area contributed by atoms with Crippen LogP contribution in [-0.4, -0.2) is 54.7 Å². The van der Waals surface area contributed by atoms with Gasteiger partial charge in [-0.05, 0) is 51.3 Å². The molecule has 0 N–H and O–H groups in total. The number of amides is 1. The highest BCUT2D eigenvalue weighted by Crippen LogP contribution is 2.17. The van der Waals surface area contributed by atoms with Gasteiger partial charge in [-0.3, -0.25) is 4.79 Å². The Morgan fingerprint density at radius 1 is 1.21 bits per heavy atom. The van der Waals surface area contributed by atoms with Crippen LogP contribution in [-0.2, 0) is 16.0 Å². The molecule has 0 aromatic heterocycles. The molecular formula is C20H30N2O2. The molecule has 0 spiro atoms. The first-order chi connectivity index (χ1) is 11.5. The number of hydrogen-bond donors (Lipinski definition) is 0. The van der Waals surface area contributed by atoms with E-state index in [1.807, 2.05) is 23.1 Å². The van der Waals surface area contributed by atoms with Crippen molar-refractivity contribution >= 4 is 11.7 Å². The summed E-state index contributed by atoms with van der Waals surface area (Å²) in [6.45, 7) is 5.31. The van der Waals surface area contributed by atoms with Crippen molar-refractivity contribution in [3.05, 3.63) is 35.9 Å². The van der Waals surface area contributed by atoms with Gasteiger partial charge in [0, 0.05) is 32.5 Å². The molecule has 0 bridgehead atoms. The van der Waals surface area contributed by atoms with Gasteiger partial charge in [-0.25, -0.2) is 0 Å². The second-order valence-corrected chi connectivity index (χ2v) is 7.05. The van der Waals surface area contributed by atoms with Crippen LogP contribution in [0.3, 0.4) is 0 Å². The van der Waals surface area contributed by atoms with Crippen molar-refractivity contribution in [3.8, 4) is 0 Å². The summed E-state index contributed by atoms with van der Waals surface area (Å²) in [7, 11) is 2.15. The van der Waals surface area contributed by atoms with Crippen molar-refractivity contribution in [1.29, 1.82) is 0 Å². The average molecular weight is 330 g/mol. The number of piperidine rings is 1. The Balaban J connectivity index is 1.94. The van der Waals surface area contributed by atoms with Crippen LogP contribution in [0.2, 0.25) is 0 Å². The van der Waals surface area contributed by atoms with E-state index in [9.17, 15) is 9.59 Å². The first-order valence-corrected chi connectivity index (χ1v) is 9.04. The maximum Gasteiger partial charge on any atom is 0.223 e. The van der Waals surface area contributed by atoms with E-state index in [1.165, 1.54) is 18.4 Å². The molecule has 1 aliphatic heterocycles. The van der Waals surface area contributed by atoms with Crippen molar-refractivity contribution < 1.29 is 9.59 Å². The Hall–Kier alpha value is -1.68. The third-order valence-electron chi connectivity index (χ3n) is 4.76. The minimum Gasteiger partial charge on any atom is -0.342 e. The largest absolute Gasteiger partial charge is 0.342 e. The number of nitrogens with zero attached hydrogens (tertiary/aromatic N) is 2. The summed E-state index contributed by atoms with van der Waals surface area (Å²) in [4.78, 5) is 28.1. The average Bonchev–Trinajstić information content (AvgIpc) is 2.57. The van der Waals surface area contributed by atoms with Crippen LogP contribution in [0.15, 0.2) is 30.3 Å². The van der Waals surface area contributed by atoms with Gasteiger partial charge in [0.15, 0.2) is 0 Å². The Morgan fingerprint density at radius 3 is 2.62 bits per heavy atom. The van der Waals surface area contributed by atoms with E-state index in [0.717, 1.165) is 32.6 Å². The number of rotatable bonds is 8. The van der Waals surface area contributed by atoms with E-state index >= 15 is 0 Å². The van der Waals surface area contributed by atoms with Gasteiger partial charge in [0.25, 0.3) is 0 Å². The molecule has 0 saturated carbocycles. The van der Waals surface area contributed by atoms with Gasteiger partial charge < -0.3 is 14.6 Å². The van der Waals surface area contributed by atoms with E-state index < -0.39 is 0 Å². The topological polar surface area (TPSA) is 40.6 Å². The van der Waals surface area contributed by atoms with Crippen LogP contribution in [0.25, 0.3) is 0 Å². The molecule has 24 heavy (non-hydrogen) atoms. The number of hydrogen-bond acceptors (Lipinski definition) is 3. The third-order valence-corrected chi connectivity index (χ3v) is 4.76. The highest BCUT2D eigenvalue weighted by atomic mass is 16.2. The molecule has 0 aliphatic carbocycles. The van der Waals surface area contributed by atoms with E-state index in [4.69, 9.17) is 0 Å². The molecule has 4 nitrogen and oxygen atoms in total. The second-order valence-electron chi connectivity index (χ2n) is 7.05. The number of Topliss-reactive ketones (excluding diaryl/α,β-unsaturated/α-hetero) is 1. The van der Waals surface area contributed by atoms with Crippen LogP contribution in [0.5, 0.6) is 0 Å². The summed E-state index contributed by atoms with van der Waals surface area (Å²) < 4.78 is 0. The Labute approximate surface area is 145 Å². The second kappa shape index (κ2) is 9.58. The van der Waals surface area contributed by atoms with Gasteiger partial charge in [-0.1, -0.05) is 30.3 Å². The zero-order chi connectivity index (χ0) is 17.4. The summed E-state index contributed by atoms with van der Waals surface area (Å²) in [5, 5.41) is 0. The lowest BCUT2D eigenvalue weighted by Crippen LogP contribution is -2.42. The van der Waals surface area contributed by atoms with Gasteiger partial charge in [0.1, 0.15) is 5.78 Å². The molecule has 1 aromatic carbocycles. The van der Waals surface area contributed by atoms with Gasteiger partial charge in [-0.15, -0.1) is 0 Å². The predicted molar refractivity (Wildman–Crippen MR) is 96.9 cm³/mol. The highest BCUT2D eigenvalue weighted by Gasteiger charge is 2.22. The van der Waals surface area contributed by atoms with E-state index in [-0.39, 0.29) is 11.7 Å². The highest BCUT2D eigenvalue weighted by molar-refractivity contribution is 5.83. The minimum absolute atomic E-state index is 0.0868. The summed E-state index contributed by atoms with van der Waals surface area (Å²) in [6.07, 6.45) is 3.95. The maximum atomic E-state index is 12.6. The fourth-order valence-electron chi connectivity index (χ4n) is 3.40. The molecule has 4 heteroatoms. The smallest absolute Gasteiger partial charge is 0.223 e. The van der Waals surface area contributed by atoms with Gasteiger partial charge in [0.2, 0.25) is 5.91 Å². The first-order valence-electron chi connectivity index (χ1n) is 9.04. The van der Waals surface area contributed by atoms with Crippen molar-refractivity contribution in [3.63, 3.8) is 0 Å².